The van der Waals surface area contributed by atoms with Crippen LogP contribution in [0.5, 0.6) is 0 Å². The van der Waals surface area contributed by atoms with Gasteiger partial charge in [-0.2, -0.15) is 9.57 Å². The molecular formula is C18H23FN2O2S. The lowest BCUT2D eigenvalue weighted by atomic mass is 9.91. The summed E-state index contributed by atoms with van der Waals surface area (Å²) in [5.41, 5.74) is -0.340. The Kier molecular flexibility index (Phi) is 4.67. The summed E-state index contributed by atoms with van der Waals surface area (Å²) in [6.07, 6.45) is 3.68. The van der Waals surface area contributed by atoms with E-state index in [-0.39, 0.29) is 17.5 Å². The zero-order valence-corrected chi connectivity index (χ0v) is 14.7. The third kappa shape index (κ3) is 3.20. The Morgan fingerprint density at radius 3 is 2.62 bits per heavy atom. The van der Waals surface area contributed by atoms with E-state index in [9.17, 15) is 18.1 Å². The van der Waals surface area contributed by atoms with E-state index in [0.29, 0.717) is 31.4 Å². The van der Waals surface area contributed by atoms with E-state index in [1.807, 2.05) is 6.92 Å². The summed E-state index contributed by atoms with van der Waals surface area (Å²) in [7, 11) is -3.62. The van der Waals surface area contributed by atoms with Crippen LogP contribution < -0.4 is 0 Å². The van der Waals surface area contributed by atoms with E-state index in [2.05, 4.69) is 6.07 Å². The van der Waals surface area contributed by atoms with Gasteiger partial charge in [0, 0.05) is 12.1 Å². The minimum absolute atomic E-state index is 0.145. The summed E-state index contributed by atoms with van der Waals surface area (Å²) in [5.74, 6) is -0.340. The quantitative estimate of drug-likeness (QED) is 0.833. The lowest BCUT2D eigenvalue weighted by Gasteiger charge is -2.28. The fourth-order valence-electron chi connectivity index (χ4n) is 4.11. The van der Waals surface area contributed by atoms with E-state index in [0.717, 1.165) is 12.8 Å². The van der Waals surface area contributed by atoms with Crippen molar-refractivity contribution in [2.24, 2.45) is 11.3 Å². The van der Waals surface area contributed by atoms with Gasteiger partial charge in [-0.25, -0.2) is 12.8 Å². The maximum Gasteiger partial charge on any atom is 0.216 e. The molecule has 2 atom stereocenters. The minimum Gasteiger partial charge on any atom is -0.212 e. The molecule has 0 N–H and O–H groups in total. The number of nitrogens with zero attached hydrogens (tertiary/aromatic N) is 2. The minimum atomic E-state index is -3.62. The van der Waals surface area contributed by atoms with E-state index < -0.39 is 21.5 Å². The summed E-state index contributed by atoms with van der Waals surface area (Å²) in [6.45, 7) is 2.38. The highest BCUT2D eigenvalue weighted by Crippen LogP contribution is 2.43. The molecule has 0 aromatic heterocycles. The smallest absolute Gasteiger partial charge is 0.212 e. The van der Waals surface area contributed by atoms with Crippen LogP contribution in [0.2, 0.25) is 0 Å². The van der Waals surface area contributed by atoms with E-state index in [1.165, 1.54) is 10.4 Å². The molecule has 3 rings (SSSR count). The first-order chi connectivity index (χ1) is 11.4. The first kappa shape index (κ1) is 17.4. The fraction of sp³-hybridized carbons (Fsp3) is 0.611. The molecule has 1 aliphatic carbocycles. The molecule has 1 heterocycles. The number of halogens is 1. The lowest BCUT2D eigenvalue weighted by Crippen LogP contribution is -2.38. The summed E-state index contributed by atoms with van der Waals surface area (Å²) in [4.78, 5) is 0. The molecule has 24 heavy (non-hydrogen) atoms. The number of hydrogen-bond donors (Lipinski definition) is 0. The van der Waals surface area contributed by atoms with Crippen LogP contribution in [0.1, 0.15) is 50.6 Å². The van der Waals surface area contributed by atoms with E-state index in [4.69, 9.17) is 0 Å². The van der Waals surface area contributed by atoms with Crippen LogP contribution in [0.15, 0.2) is 24.3 Å². The Morgan fingerprint density at radius 2 is 2.00 bits per heavy atom. The van der Waals surface area contributed by atoms with Crippen LogP contribution in [-0.4, -0.2) is 25.0 Å². The van der Waals surface area contributed by atoms with Crippen molar-refractivity contribution in [1.29, 1.82) is 5.26 Å². The average Bonchev–Trinajstić information content (AvgIpc) is 3.15. The predicted molar refractivity (Wildman–Crippen MR) is 89.9 cm³/mol. The molecule has 2 unspecified atom stereocenters. The summed E-state index contributed by atoms with van der Waals surface area (Å²) >= 11 is 0. The second kappa shape index (κ2) is 6.45. The highest BCUT2D eigenvalue weighted by atomic mass is 32.2. The van der Waals surface area contributed by atoms with Crippen LogP contribution >= 0.6 is 0 Å². The maximum atomic E-state index is 14.2. The Hall–Kier alpha value is -1.45. The first-order valence-corrected chi connectivity index (χ1v) is 10.1. The second-order valence-corrected chi connectivity index (χ2v) is 9.22. The fourth-order valence-corrected chi connectivity index (χ4v) is 6.40. The predicted octanol–water partition coefficient (Wildman–Crippen LogP) is 3.62. The van der Waals surface area contributed by atoms with Crippen molar-refractivity contribution in [2.75, 3.05) is 12.3 Å². The Balaban J connectivity index is 1.91. The molecule has 2 aliphatic rings. The van der Waals surface area contributed by atoms with Gasteiger partial charge in [-0.15, -0.1) is 0 Å². The molecule has 0 bridgehead atoms. The molecule has 4 nitrogen and oxygen atoms in total. The van der Waals surface area contributed by atoms with Gasteiger partial charge in [0.05, 0.1) is 23.3 Å². The highest BCUT2D eigenvalue weighted by Gasteiger charge is 2.45. The van der Waals surface area contributed by atoms with Gasteiger partial charge in [0.15, 0.2) is 0 Å². The van der Waals surface area contributed by atoms with Gasteiger partial charge in [-0.3, -0.25) is 0 Å². The van der Waals surface area contributed by atoms with Crippen LogP contribution in [0.3, 0.4) is 0 Å². The van der Waals surface area contributed by atoms with Gasteiger partial charge in [0.1, 0.15) is 5.82 Å². The largest absolute Gasteiger partial charge is 0.216 e. The number of rotatable bonds is 4. The van der Waals surface area contributed by atoms with Crippen LogP contribution in [0.4, 0.5) is 4.39 Å². The Bertz CT molecular complexity index is 751. The van der Waals surface area contributed by atoms with Gasteiger partial charge in [0.25, 0.3) is 0 Å². The highest BCUT2D eigenvalue weighted by molar-refractivity contribution is 7.89. The molecule has 2 fully saturated rings. The van der Waals surface area contributed by atoms with Crippen molar-refractivity contribution in [3.8, 4) is 6.07 Å². The molecule has 0 amide bonds. The third-order valence-electron chi connectivity index (χ3n) is 5.34. The number of hydrogen-bond acceptors (Lipinski definition) is 3. The van der Waals surface area contributed by atoms with Gasteiger partial charge < -0.3 is 0 Å². The standard InChI is InChI=1S/C18H23FN2O2S/c1-14-10-17(15-6-2-3-7-16(15)19)21(11-14)24(22,23)13-18(12-20)8-4-5-9-18/h2-3,6-7,14,17H,4-5,8-11,13H2,1H3. The maximum absolute atomic E-state index is 14.2. The lowest BCUT2D eigenvalue weighted by molar-refractivity contribution is 0.368. The van der Waals surface area contributed by atoms with Gasteiger partial charge in [-0.1, -0.05) is 38.0 Å². The summed E-state index contributed by atoms with van der Waals surface area (Å²) in [6, 6.07) is 8.17. The third-order valence-corrected chi connectivity index (χ3v) is 7.38. The summed E-state index contributed by atoms with van der Waals surface area (Å²) < 4.78 is 41.7. The summed E-state index contributed by atoms with van der Waals surface area (Å²) in [5, 5.41) is 9.51. The second-order valence-electron chi connectivity index (χ2n) is 7.30. The van der Waals surface area contributed by atoms with Gasteiger partial charge >= 0.3 is 0 Å². The molecule has 0 radical (unpaired) electrons. The van der Waals surface area contributed by atoms with E-state index >= 15 is 0 Å². The molecular weight excluding hydrogens is 327 g/mol. The molecule has 0 spiro atoms. The van der Waals surface area contributed by atoms with Crippen LogP contribution in [0, 0.1) is 28.5 Å². The number of sulfonamides is 1. The molecule has 1 saturated carbocycles. The van der Waals surface area contributed by atoms with Crippen LogP contribution in [0.25, 0.3) is 0 Å². The molecule has 1 aliphatic heterocycles. The molecule has 1 aromatic carbocycles. The molecule has 1 saturated heterocycles. The molecule has 130 valence electrons. The Morgan fingerprint density at radius 1 is 1.33 bits per heavy atom. The molecule has 6 heteroatoms. The monoisotopic (exact) mass is 350 g/mol. The van der Waals surface area contributed by atoms with Crippen molar-refractivity contribution in [1.82, 2.24) is 4.31 Å². The SMILES string of the molecule is CC1CC(c2ccccc2F)N(S(=O)(=O)CC2(C#N)CCCC2)C1. The van der Waals surface area contributed by atoms with Crippen LogP contribution in [-0.2, 0) is 10.0 Å². The Labute approximate surface area is 143 Å². The van der Waals surface area contributed by atoms with Crippen molar-refractivity contribution < 1.29 is 12.8 Å². The van der Waals surface area contributed by atoms with Crippen molar-refractivity contribution in [3.05, 3.63) is 35.6 Å². The van der Waals surface area contributed by atoms with Crippen molar-refractivity contribution in [2.45, 2.75) is 45.1 Å². The van der Waals surface area contributed by atoms with E-state index in [1.54, 1.807) is 18.2 Å². The number of nitriles is 1. The molecule has 1 aromatic rings. The average molecular weight is 350 g/mol. The van der Waals surface area contributed by atoms with Gasteiger partial charge in [-0.05, 0) is 31.2 Å². The number of benzene rings is 1. The topological polar surface area (TPSA) is 61.2 Å². The first-order valence-electron chi connectivity index (χ1n) is 8.52. The van der Waals surface area contributed by atoms with Crippen molar-refractivity contribution >= 4 is 10.0 Å². The van der Waals surface area contributed by atoms with Crippen molar-refractivity contribution in [3.63, 3.8) is 0 Å². The zero-order valence-electron chi connectivity index (χ0n) is 13.9. The normalized spacial score (nSPS) is 27.2. The zero-order chi connectivity index (χ0) is 17.4. The van der Waals surface area contributed by atoms with Gasteiger partial charge in [0.2, 0.25) is 10.0 Å².